The van der Waals surface area contributed by atoms with Gasteiger partial charge >= 0.3 is 5.69 Å². The third kappa shape index (κ3) is 7.25. The highest BCUT2D eigenvalue weighted by Crippen LogP contribution is 2.33. The van der Waals surface area contributed by atoms with Crippen molar-refractivity contribution < 1.29 is 18.3 Å². The number of benzene rings is 3. The molecule has 3 aromatic carbocycles. The molecule has 60 heavy (non-hydrogen) atoms. The predicted molar refractivity (Wildman–Crippen MR) is 228 cm³/mol. The molecule has 1 saturated heterocycles. The SMILES string of the molecule is COc1ccc(-c2nc(C)c3c(n2)n([C@H]2CCCN(CC(C)(C)C)C2)c(=O)n3-c2ccc(C(=O)N3CCc4c(n(Cc5ccc(F)cc5F)c5ncccc45)C3)cc2)cc1. The fourth-order valence-electron chi connectivity index (χ4n) is 9.13. The Morgan fingerprint density at radius 2 is 1.73 bits per heavy atom. The Kier molecular flexibility index (Phi) is 10.1. The Hall–Kier alpha value is -6.21. The van der Waals surface area contributed by atoms with Crippen molar-refractivity contribution in [3.63, 3.8) is 0 Å². The first kappa shape index (κ1) is 39.3. The Bertz CT molecular complexity index is 2820. The third-order valence-corrected chi connectivity index (χ3v) is 11.8. The van der Waals surface area contributed by atoms with E-state index in [9.17, 15) is 18.4 Å². The van der Waals surface area contributed by atoms with Gasteiger partial charge in [-0.2, -0.15) is 0 Å². The van der Waals surface area contributed by atoms with E-state index < -0.39 is 11.6 Å². The number of aromatic nitrogens is 6. The molecule has 2 aliphatic heterocycles. The Balaban J connectivity index is 1.06. The number of aryl methyl sites for hydroxylation is 1. The van der Waals surface area contributed by atoms with Crippen molar-refractivity contribution in [1.82, 2.24) is 38.5 Å². The van der Waals surface area contributed by atoms with Gasteiger partial charge in [-0.15, -0.1) is 0 Å². The third-order valence-electron chi connectivity index (χ3n) is 11.8. The molecule has 1 atom stereocenters. The normalized spacial score (nSPS) is 16.1. The number of nitrogens with zero attached hydrogens (tertiary/aromatic N) is 8. The zero-order chi connectivity index (χ0) is 41.9. The molecule has 0 spiro atoms. The number of likely N-dealkylation sites (tertiary alicyclic amines) is 1. The number of amides is 1. The summed E-state index contributed by atoms with van der Waals surface area (Å²) < 4.78 is 39.5. The molecule has 9 rings (SSSR count). The van der Waals surface area contributed by atoms with Crippen LogP contribution < -0.4 is 10.4 Å². The topological polar surface area (TPSA) is 103 Å². The highest BCUT2D eigenvalue weighted by atomic mass is 19.1. The number of halogens is 2. The van der Waals surface area contributed by atoms with E-state index in [4.69, 9.17) is 14.7 Å². The average Bonchev–Trinajstić information content (AvgIpc) is 3.71. The van der Waals surface area contributed by atoms with Crippen LogP contribution in [0, 0.1) is 24.0 Å². The minimum absolute atomic E-state index is 0.0921. The fraction of sp³-hybridized carbons (Fsp3) is 0.340. The van der Waals surface area contributed by atoms with Crippen LogP contribution in [0.5, 0.6) is 5.75 Å². The number of carbonyl (C=O) groups is 1. The predicted octanol–water partition coefficient (Wildman–Crippen LogP) is 8.12. The number of imidazole rings is 1. The van der Waals surface area contributed by atoms with Crippen LogP contribution in [0.15, 0.2) is 89.9 Å². The summed E-state index contributed by atoms with van der Waals surface area (Å²) in [5.74, 6) is -0.176. The number of methoxy groups -OCH3 is 1. The summed E-state index contributed by atoms with van der Waals surface area (Å²) in [6, 6.07) is 22.1. The molecule has 4 aromatic heterocycles. The molecule has 6 heterocycles. The molecule has 0 saturated carbocycles. The molecule has 7 aromatic rings. The molecule has 0 radical (unpaired) electrons. The van der Waals surface area contributed by atoms with Gasteiger partial charge in [0.2, 0.25) is 0 Å². The zero-order valence-electron chi connectivity index (χ0n) is 34.6. The average molecular weight is 811 g/mol. The summed E-state index contributed by atoms with van der Waals surface area (Å²) in [6.45, 7) is 12.2. The first-order valence-corrected chi connectivity index (χ1v) is 20.5. The maximum atomic E-state index is 14.9. The van der Waals surface area contributed by atoms with Gasteiger partial charge in [0.25, 0.3) is 5.91 Å². The molecule has 2 aliphatic rings. The minimum atomic E-state index is -0.637. The van der Waals surface area contributed by atoms with E-state index in [1.807, 2.05) is 64.6 Å². The van der Waals surface area contributed by atoms with Crippen molar-refractivity contribution in [3.05, 3.63) is 135 Å². The number of rotatable bonds is 8. The van der Waals surface area contributed by atoms with Crippen molar-refractivity contribution >= 4 is 28.1 Å². The van der Waals surface area contributed by atoms with Crippen LogP contribution in [0.2, 0.25) is 0 Å². The molecule has 0 bridgehead atoms. The van der Waals surface area contributed by atoms with Crippen molar-refractivity contribution in [1.29, 1.82) is 0 Å². The number of pyridine rings is 1. The second kappa shape index (κ2) is 15.4. The van der Waals surface area contributed by atoms with Gasteiger partial charge in [-0.25, -0.2) is 28.5 Å². The van der Waals surface area contributed by atoms with Gasteiger partial charge in [-0.3, -0.25) is 13.9 Å². The second-order valence-corrected chi connectivity index (χ2v) is 17.3. The largest absolute Gasteiger partial charge is 0.497 e. The maximum absolute atomic E-state index is 14.9. The van der Waals surface area contributed by atoms with Crippen LogP contribution in [0.25, 0.3) is 39.3 Å². The number of hydrogen-bond acceptors (Lipinski definition) is 7. The molecular weight excluding hydrogens is 763 g/mol. The summed E-state index contributed by atoms with van der Waals surface area (Å²) >= 11 is 0. The van der Waals surface area contributed by atoms with Crippen molar-refractivity contribution in [2.75, 3.05) is 33.3 Å². The van der Waals surface area contributed by atoms with E-state index in [0.29, 0.717) is 64.7 Å². The van der Waals surface area contributed by atoms with E-state index in [0.717, 1.165) is 66.5 Å². The maximum Gasteiger partial charge on any atom is 0.335 e. The van der Waals surface area contributed by atoms with Crippen LogP contribution >= 0.6 is 0 Å². The van der Waals surface area contributed by atoms with E-state index in [-0.39, 0.29) is 29.6 Å². The first-order valence-electron chi connectivity index (χ1n) is 20.5. The zero-order valence-corrected chi connectivity index (χ0v) is 34.6. The molecule has 0 aliphatic carbocycles. The summed E-state index contributed by atoms with van der Waals surface area (Å²) in [5, 5.41) is 0.960. The molecule has 308 valence electrons. The number of ether oxygens (including phenoxy) is 1. The highest BCUT2D eigenvalue weighted by Gasteiger charge is 2.32. The number of piperidine rings is 1. The molecule has 0 unspecified atom stereocenters. The van der Waals surface area contributed by atoms with Crippen LogP contribution in [0.4, 0.5) is 8.78 Å². The van der Waals surface area contributed by atoms with Gasteiger partial charge < -0.3 is 19.1 Å². The van der Waals surface area contributed by atoms with Crippen molar-refractivity contribution in [3.8, 4) is 22.8 Å². The summed E-state index contributed by atoms with van der Waals surface area (Å²) in [7, 11) is 1.63. The fourth-order valence-corrected chi connectivity index (χ4v) is 9.13. The standard InChI is InChI=1S/C47H48F2N8O3/c1-29-41-44(52-42(51-29)30-13-18-36(60-5)19-14-30)57(35-8-7-22-53(26-35)28-47(2,3)4)46(59)56(41)34-16-11-31(12-17-34)45(58)54-23-20-37-38-9-6-21-50-43(38)55(40(37)27-54)25-32-10-15-33(48)24-39(32)49/h6,9-19,21,24,35H,7-8,20,22-23,25-28H2,1-5H3/t35-/m0/s1. The van der Waals surface area contributed by atoms with E-state index in [1.165, 1.54) is 12.1 Å². The molecular formula is C47H48F2N8O3. The van der Waals surface area contributed by atoms with E-state index in [2.05, 4.69) is 30.7 Å². The second-order valence-electron chi connectivity index (χ2n) is 17.3. The smallest absolute Gasteiger partial charge is 0.335 e. The highest BCUT2D eigenvalue weighted by molar-refractivity contribution is 5.95. The first-order chi connectivity index (χ1) is 28.9. The Morgan fingerprint density at radius 1 is 0.950 bits per heavy atom. The lowest BCUT2D eigenvalue weighted by atomic mass is 9.94. The lowest BCUT2D eigenvalue weighted by Gasteiger charge is -2.36. The van der Waals surface area contributed by atoms with Gasteiger partial charge in [-0.1, -0.05) is 26.8 Å². The van der Waals surface area contributed by atoms with Gasteiger partial charge in [0.05, 0.1) is 37.6 Å². The van der Waals surface area contributed by atoms with Crippen LogP contribution in [-0.4, -0.2) is 77.6 Å². The van der Waals surface area contributed by atoms with Gasteiger partial charge in [-0.05, 0) is 110 Å². The molecule has 13 heteroatoms. The summed E-state index contributed by atoms with van der Waals surface area (Å²) in [6.07, 6.45) is 4.11. The van der Waals surface area contributed by atoms with Gasteiger partial charge in [0, 0.05) is 59.7 Å². The summed E-state index contributed by atoms with van der Waals surface area (Å²) in [4.78, 5) is 47.9. The Morgan fingerprint density at radius 3 is 2.47 bits per heavy atom. The van der Waals surface area contributed by atoms with E-state index in [1.54, 1.807) is 34.9 Å². The molecule has 1 amide bonds. The molecule has 1 fully saturated rings. The number of fused-ring (bicyclic) bond motifs is 4. The lowest BCUT2D eigenvalue weighted by molar-refractivity contribution is 0.0730. The van der Waals surface area contributed by atoms with Gasteiger partial charge in [0.15, 0.2) is 11.5 Å². The van der Waals surface area contributed by atoms with Crippen LogP contribution in [-0.2, 0) is 19.5 Å². The summed E-state index contributed by atoms with van der Waals surface area (Å²) in [5.41, 5.74) is 6.66. The number of hydrogen-bond donors (Lipinski definition) is 0. The number of carbonyl (C=O) groups excluding carboxylic acids is 1. The van der Waals surface area contributed by atoms with Crippen molar-refractivity contribution in [2.24, 2.45) is 5.41 Å². The van der Waals surface area contributed by atoms with Crippen LogP contribution in [0.3, 0.4) is 0 Å². The van der Waals surface area contributed by atoms with E-state index >= 15 is 0 Å². The van der Waals surface area contributed by atoms with Gasteiger partial charge in [0.1, 0.15) is 28.5 Å². The quantitative estimate of drug-likeness (QED) is 0.153. The van der Waals surface area contributed by atoms with Crippen molar-refractivity contribution in [2.45, 2.75) is 66.1 Å². The minimum Gasteiger partial charge on any atom is -0.497 e. The monoisotopic (exact) mass is 810 g/mol. The van der Waals surface area contributed by atoms with Crippen LogP contribution in [0.1, 0.15) is 72.5 Å². The Labute approximate surface area is 346 Å². The molecule has 0 N–H and O–H groups in total. The molecule has 11 nitrogen and oxygen atoms in total. The lowest BCUT2D eigenvalue weighted by Crippen LogP contribution is -2.43.